The van der Waals surface area contributed by atoms with E-state index in [2.05, 4.69) is 0 Å². The van der Waals surface area contributed by atoms with Gasteiger partial charge in [0.1, 0.15) is 23.7 Å². The second-order valence-corrected chi connectivity index (χ2v) is 9.87. The Labute approximate surface area is 212 Å². The van der Waals surface area contributed by atoms with Crippen LogP contribution in [0, 0.1) is 18.3 Å². The van der Waals surface area contributed by atoms with Crippen LogP contribution in [0.15, 0.2) is 24.3 Å². The summed E-state index contributed by atoms with van der Waals surface area (Å²) in [5.74, 6) is 0.00734. The summed E-state index contributed by atoms with van der Waals surface area (Å²) in [5, 5.41) is 10.8. The van der Waals surface area contributed by atoms with Gasteiger partial charge in [-0.25, -0.2) is 4.79 Å². The van der Waals surface area contributed by atoms with E-state index in [0.717, 1.165) is 5.56 Å². The van der Waals surface area contributed by atoms with Crippen molar-refractivity contribution in [2.75, 3.05) is 20.8 Å². The summed E-state index contributed by atoms with van der Waals surface area (Å²) in [6, 6.07) is 6.79. The van der Waals surface area contributed by atoms with Crippen LogP contribution in [0.3, 0.4) is 0 Å². The van der Waals surface area contributed by atoms with Gasteiger partial charge in [-0.2, -0.15) is 0 Å². The lowest BCUT2D eigenvalue weighted by molar-refractivity contribution is -0.148. The minimum absolute atomic E-state index is 0.0686. The topological polar surface area (TPSA) is 101 Å². The maximum absolute atomic E-state index is 13.1. The molecule has 1 aliphatic heterocycles. The maximum atomic E-state index is 13.1. The van der Waals surface area contributed by atoms with E-state index in [-0.39, 0.29) is 47.7 Å². The van der Waals surface area contributed by atoms with Gasteiger partial charge < -0.3 is 28.8 Å². The van der Waals surface area contributed by atoms with E-state index < -0.39 is 23.5 Å². The fraction of sp³-hybridized carbons (Fsp3) is 0.500. The molecular weight excluding hydrogens is 464 g/mol. The fourth-order valence-corrected chi connectivity index (χ4v) is 4.20. The molecule has 0 radical (unpaired) electrons. The van der Waals surface area contributed by atoms with E-state index in [1.807, 2.05) is 33.8 Å². The van der Waals surface area contributed by atoms with E-state index in [0.29, 0.717) is 24.0 Å². The first kappa shape index (κ1) is 27.5. The Hall–Kier alpha value is -3.10. The fourth-order valence-electron chi connectivity index (χ4n) is 4.20. The number of esters is 2. The number of fused-ring (bicyclic) bond motifs is 2. The average molecular weight is 501 g/mol. The molecule has 0 saturated carbocycles. The van der Waals surface area contributed by atoms with Crippen molar-refractivity contribution >= 4 is 11.9 Å². The summed E-state index contributed by atoms with van der Waals surface area (Å²) in [6.45, 7) is 9.64. The SMILES string of the molecule is CCC(C)(COC)C(=O)Oc1cc(C)cc2c1Oc1ccc([C@@H](O)CC(C)C)c(OC)c1C(=O)OC2. The number of carbonyl (C=O) groups excluding carboxylic acids is 2. The Morgan fingerprint density at radius 2 is 1.94 bits per heavy atom. The monoisotopic (exact) mass is 500 g/mol. The molecule has 0 amide bonds. The van der Waals surface area contributed by atoms with Crippen molar-refractivity contribution in [1.82, 2.24) is 0 Å². The van der Waals surface area contributed by atoms with Crippen LogP contribution in [0.5, 0.6) is 23.0 Å². The van der Waals surface area contributed by atoms with Crippen molar-refractivity contribution in [1.29, 1.82) is 0 Å². The summed E-state index contributed by atoms with van der Waals surface area (Å²) in [4.78, 5) is 26.2. The first-order chi connectivity index (χ1) is 17.0. The summed E-state index contributed by atoms with van der Waals surface area (Å²) in [6.07, 6.45) is 0.181. The van der Waals surface area contributed by atoms with E-state index in [9.17, 15) is 14.7 Å². The molecule has 0 spiro atoms. The molecule has 0 bridgehead atoms. The van der Waals surface area contributed by atoms with Gasteiger partial charge in [0.2, 0.25) is 0 Å². The molecule has 1 heterocycles. The van der Waals surface area contributed by atoms with Gasteiger partial charge in [0.15, 0.2) is 11.5 Å². The molecule has 0 saturated heterocycles. The van der Waals surface area contributed by atoms with Crippen molar-refractivity contribution < 1.29 is 38.4 Å². The van der Waals surface area contributed by atoms with Gasteiger partial charge in [-0.15, -0.1) is 0 Å². The second-order valence-electron chi connectivity index (χ2n) is 9.87. The number of hydrogen-bond donors (Lipinski definition) is 1. The number of aliphatic hydroxyl groups is 1. The van der Waals surface area contributed by atoms with Gasteiger partial charge in [0.25, 0.3) is 0 Å². The highest BCUT2D eigenvalue weighted by atomic mass is 16.6. The molecule has 36 heavy (non-hydrogen) atoms. The van der Waals surface area contributed by atoms with Gasteiger partial charge in [0, 0.05) is 18.2 Å². The number of hydrogen-bond acceptors (Lipinski definition) is 8. The lowest BCUT2D eigenvalue weighted by atomic mass is 9.89. The van der Waals surface area contributed by atoms with Gasteiger partial charge in [-0.1, -0.05) is 20.8 Å². The Morgan fingerprint density at radius 3 is 2.56 bits per heavy atom. The molecule has 3 rings (SSSR count). The number of cyclic esters (lactones) is 1. The van der Waals surface area contributed by atoms with Crippen LogP contribution >= 0.6 is 0 Å². The molecule has 0 aromatic heterocycles. The number of methoxy groups -OCH3 is 2. The molecule has 2 atom stereocenters. The third-order valence-electron chi connectivity index (χ3n) is 6.40. The number of aliphatic hydroxyl groups excluding tert-OH is 1. The number of rotatable bonds is 9. The molecule has 2 aromatic rings. The zero-order valence-corrected chi connectivity index (χ0v) is 22.1. The van der Waals surface area contributed by atoms with Gasteiger partial charge in [-0.3, -0.25) is 4.79 Å². The number of benzene rings is 2. The molecule has 1 aliphatic rings. The summed E-state index contributed by atoms with van der Waals surface area (Å²) >= 11 is 0. The Balaban J connectivity index is 2.10. The Kier molecular flexibility index (Phi) is 8.63. The quantitative estimate of drug-likeness (QED) is 0.355. The number of aryl methyl sites for hydroxylation is 1. The standard InChI is InChI=1S/C28H36O8/c1-8-28(5,15-32-6)27(31)36-22-13-17(4)12-18-14-34-26(30)23-21(35-24(18)22)10-9-19(25(23)33-7)20(29)11-16(2)3/h9-10,12-13,16,20,29H,8,11,14-15H2,1-7H3/t20-,28?/m0/s1. The highest BCUT2D eigenvalue weighted by molar-refractivity contribution is 5.97. The van der Waals surface area contributed by atoms with Crippen LogP contribution in [-0.4, -0.2) is 37.9 Å². The molecule has 8 nitrogen and oxygen atoms in total. The Bertz CT molecular complexity index is 1120. The van der Waals surface area contributed by atoms with Crippen LogP contribution in [0.25, 0.3) is 0 Å². The van der Waals surface area contributed by atoms with Crippen LogP contribution in [0.1, 0.15) is 73.7 Å². The van der Waals surface area contributed by atoms with E-state index in [1.54, 1.807) is 25.1 Å². The van der Waals surface area contributed by atoms with Crippen LogP contribution in [-0.2, 0) is 20.9 Å². The van der Waals surface area contributed by atoms with Crippen molar-refractivity contribution in [2.24, 2.45) is 11.3 Å². The molecule has 1 N–H and O–H groups in total. The minimum atomic E-state index is -0.845. The molecule has 0 aliphatic carbocycles. The molecule has 2 aromatic carbocycles. The predicted molar refractivity (Wildman–Crippen MR) is 134 cm³/mol. The smallest absolute Gasteiger partial charge is 0.346 e. The third-order valence-corrected chi connectivity index (χ3v) is 6.40. The molecule has 196 valence electrons. The van der Waals surface area contributed by atoms with Gasteiger partial charge in [0.05, 0.1) is 25.2 Å². The lowest BCUT2D eigenvalue weighted by Gasteiger charge is -2.27. The van der Waals surface area contributed by atoms with Gasteiger partial charge in [-0.05, 0) is 62.4 Å². The summed E-state index contributed by atoms with van der Waals surface area (Å²) in [7, 11) is 2.97. The van der Waals surface area contributed by atoms with Crippen LogP contribution in [0.2, 0.25) is 0 Å². The van der Waals surface area contributed by atoms with Gasteiger partial charge >= 0.3 is 11.9 Å². The van der Waals surface area contributed by atoms with Crippen LogP contribution < -0.4 is 14.2 Å². The first-order valence-corrected chi connectivity index (χ1v) is 12.1. The number of carbonyl (C=O) groups is 2. The normalized spacial score (nSPS) is 15.4. The molecular formula is C28H36O8. The average Bonchev–Trinajstić information content (AvgIpc) is 2.82. The van der Waals surface area contributed by atoms with Crippen molar-refractivity contribution in [3.05, 3.63) is 46.5 Å². The number of ether oxygens (including phenoxy) is 5. The largest absolute Gasteiger partial charge is 0.495 e. The summed E-state index contributed by atoms with van der Waals surface area (Å²) < 4.78 is 28.5. The second kappa shape index (κ2) is 11.3. The van der Waals surface area contributed by atoms with Crippen molar-refractivity contribution in [3.63, 3.8) is 0 Å². The Morgan fingerprint density at radius 1 is 1.22 bits per heavy atom. The molecule has 8 heteroatoms. The third kappa shape index (κ3) is 5.65. The highest BCUT2D eigenvalue weighted by Gasteiger charge is 2.35. The zero-order valence-electron chi connectivity index (χ0n) is 22.1. The predicted octanol–water partition coefficient (Wildman–Crippen LogP) is 5.51. The summed E-state index contributed by atoms with van der Waals surface area (Å²) in [5.41, 5.74) is 1.07. The molecule has 1 unspecified atom stereocenters. The van der Waals surface area contributed by atoms with E-state index >= 15 is 0 Å². The van der Waals surface area contributed by atoms with Crippen LogP contribution in [0.4, 0.5) is 0 Å². The van der Waals surface area contributed by atoms with E-state index in [4.69, 9.17) is 23.7 Å². The molecule has 0 fully saturated rings. The van der Waals surface area contributed by atoms with Crippen molar-refractivity contribution in [2.45, 2.75) is 60.2 Å². The lowest BCUT2D eigenvalue weighted by Crippen LogP contribution is -2.35. The first-order valence-electron chi connectivity index (χ1n) is 12.1. The van der Waals surface area contributed by atoms with Crippen molar-refractivity contribution in [3.8, 4) is 23.0 Å². The highest BCUT2D eigenvalue weighted by Crippen LogP contribution is 2.45. The zero-order chi connectivity index (χ0) is 26.6. The van der Waals surface area contributed by atoms with E-state index in [1.165, 1.54) is 14.2 Å². The maximum Gasteiger partial charge on any atom is 0.346 e. The minimum Gasteiger partial charge on any atom is -0.495 e.